The lowest BCUT2D eigenvalue weighted by molar-refractivity contribution is 0.0954. The van der Waals surface area contributed by atoms with Gasteiger partial charge in [-0.25, -0.2) is 4.98 Å². The van der Waals surface area contributed by atoms with Crippen molar-refractivity contribution in [2.45, 2.75) is 45.6 Å². The molecule has 22 heavy (non-hydrogen) atoms. The van der Waals surface area contributed by atoms with E-state index in [-0.39, 0.29) is 11.5 Å². The summed E-state index contributed by atoms with van der Waals surface area (Å²) < 4.78 is 1.80. The van der Waals surface area contributed by atoms with E-state index in [1.165, 1.54) is 0 Å². The summed E-state index contributed by atoms with van der Waals surface area (Å²) in [6.45, 7) is 3.41. The van der Waals surface area contributed by atoms with Gasteiger partial charge < -0.3 is 5.32 Å². The Bertz CT molecular complexity index is 764. The molecule has 5 heteroatoms. The van der Waals surface area contributed by atoms with E-state index in [0.717, 1.165) is 44.5 Å². The van der Waals surface area contributed by atoms with Crippen molar-refractivity contribution < 1.29 is 4.79 Å². The van der Waals surface area contributed by atoms with Gasteiger partial charge in [-0.1, -0.05) is 13.3 Å². The number of nitrogens with zero attached hydrogens (tertiary/aromatic N) is 2. The summed E-state index contributed by atoms with van der Waals surface area (Å²) in [5.41, 5.74) is 1.20. The number of aromatic nitrogens is 2. The predicted octanol–water partition coefficient (Wildman–Crippen LogP) is 2.26. The molecule has 1 aliphatic rings. The molecule has 0 radical (unpaired) electrons. The second-order valence-electron chi connectivity index (χ2n) is 5.78. The van der Waals surface area contributed by atoms with Crippen LogP contribution >= 0.6 is 0 Å². The minimum atomic E-state index is -0.111. The van der Waals surface area contributed by atoms with Crippen LogP contribution < -0.4 is 10.9 Å². The predicted molar refractivity (Wildman–Crippen MR) is 86.2 cm³/mol. The van der Waals surface area contributed by atoms with E-state index in [1.807, 2.05) is 6.92 Å². The average Bonchev–Trinajstić information content (AvgIpc) is 2.78. The number of aryl methyl sites for hydroxylation is 1. The van der Waals surface area contributed by atoms with Crippen molar-refractivity contribution in [3.8, 4) is 0 Å². The van der Waals surface area contributed by atoms with Crippen molar-refractivity contribution >= 4 is 16.8 Å². The summed E-state index contributed by atoms with van der Waals surface area (Å²) in [5.74, 6) is 0.738. The minimum absolute atomic E-state index is 0.0161. The van der Waals surface area contributed by atoms with Crippen LogP contribution in [0, 0.1) is 0 Å². The fourth-order valence-corrected chi connectivity index (χ4v) is 2.90. The quantitative estimate of drug-likeness (QED) is 0.945. The highest BCUT2D eigenvalue weighted by atomic mass is 16.1. The molecule has 0 saturated heterocycles. The fourth-order valence-electron chi connectivity index (χ4n) is 2.90. The number of nitrogens with one attached hydrogen (secondary N) is 1. The van der Waals surface area contributed by atoms with Crippen LogP contribution in [0.3, 0.4) is 0 Å². The molecular formula is C17H21N3O2. The molecule has 0 saturated carbocycles. The first-order chi connectivity index (χ1) is 10.7. The topological polar surface area (TPSA) is 64.0 Å². The SMILES string of the molecule is CCCNC(=O)c1ccc2c(=O)n3c(nc2c1)CCCCC3. The molecule has 5 nitrogen and oxygen atoms in total. The highest BCUT2D eigenvalue weighted by Crippen LogP contribution is 2.16. The number of amides is 1. The second-order valence-corrected chi connectivity index (χ2v) is 5.78. The van der Waals surface area contributed by atoms with E-state index in [4.69, 9.17) is 0 Å². The normalized spacial score (nSPS) is 14.4. The van der Waals surface area contributed by atoms with Crippen LogP contribution in [0.2, 0.25) is 0 Å². The van der Waals surface area contributed by atoms with Gasteiger partial charge in [0.2, 0.25) is 0 Å². The lowest BCUT2D eigenvalue weighted by Gasteiger charge is -2.11. The molecule has 0 unspecified atom stereocenters. The largest absolute Gasteiger partial charge is 0.352 e. The molecule has 0 spiro atoms. The lowest BCUT2D eigenvalue weighted by Crippen LogP contribution is -2.26. The van der Waals surface area contributed by atoms with Crippen LogP contribution in [-0.2, 0) is 13.0 Å². The molecule has 2 heterocycles. The lowest BCUT2D eigenvalue weighted by atomic mass is 10.1. The molecule has 116 valence electrons. The van der Waals surface area contributed by atoms with Crippen LogP contribution in [-0.4, -0.2) is 22.0 Å². The number of carbonyl (C=O) groups is 1. The first-order valence-corrected chi connectivity index (χ1v) is 8.02. The molecule has 2 aromatic rings. The van der Waals surface area contributed by atoms with Gasteiger partial charge in [0.25, 0.3) is 11.5 Å². The molecule has 1 amide bonds. The van der Waals surface area contributed by atoms with Crippen LogP contribution in [0.1, 0.15) is 48.8 Å². The Kier molecular flexibility index (Phi) is 4.22. The number of carbonyl (C=O) groups excluding carboxylic acids is 1. The summed E-state index contributed by atoms with van der Waals surface area (Å²) in [5, 5.41) is 3.45. The third kappa shape index (κ3) is 2.75. The maximum atomic E-state index is 12.6. The Balaban J connectivity index is 2.05. The van der Waals surface area contributed by atoms with Gasteiger partial charge in [-0.15, -0.1) is 0 Å². The Morgan fingerprint density at radius 3 is 3.00 bits per heavy atom. The van der Waals surface area contributed by atoms with E-state index in [1.54, 1.807) is 22.8 Å². The highest BCUT2D eigenvalue weighted by Gasteiger charge is 2.15. The summed E-state index contributed by atoms with van der Waals surface area (Å²) in [6.07, 6.45) is 4.94. The van der Waals surface area contributed by atoms with Gasteiger partial charge in [0.15, 0.2) is 0 Å². The zero-order valence-electron chi connectivity index (χ0n) is 12.9. The minimum Gasteiger partial charge on any atom is -0.352 e. The van der Waals surface area contributed by atoms with Crippen molar-refractivity contribution in [1.29, 1.82) is 0 Å². The average molecular weight is 299 g/mol. The van der Waals surface area contributed by atoms with Crippen LogP contribution in [0.4, 0.5) is 0 Å². The van der Waals surface area contributed by atoms with E-state index < -0.39 is 0 Å². The summed E-state index contributed by atoms with van der Waals surface area (Å²) in [7, 11) is 0. The van der Waals surface area contributed by atoms with Crippen molar-refractivity contribution in [2.24, 2.45) is 0 Å². The zero-order chi connectivity index (χ0) is 15.5. The van der Waals surface area contributed by atoms with Gasteiger partial charge >= 0.3 is 0 Å². The maximum Gasteiger partial charge on any atom is 0.261 e. The van der Waals surface area contributed by atoms with Crippen molar-refractivity contribution in [2.75, 3.05) is 6.54 Å². The molecule has 1 N–H and O–H groups in total. The van der Waals surface area contributed by atoms with Gasteiger partial charge in [0, 0.05) is 25.1 Å². The Labute approximate surface area is 129 Å². The second kappa shape index (κ2) is 6.30. The molecule has 0 atom stereocenters. The third-order valence-corrected chi connectivity index (χ3v) is 4.11. The summed E-state index contributed by atoms with van der Waals surface area (Å²) >= 11 is 0. The van der Waals surface area contributed by atoms with Crippen molar-refractivity contribution in [3.05, 3.63) is 39.9 Å². The zero-order valence-corrected chi connectivity index (χ0v) is 12.9. The van der Waals surface area contributed by atoms with Crippen molar-refractivity contribution in [1.82, 2.24) is 14.9 Å². The van der Waals surface area contributed by atoms with Gasteiger partial charge in [0.05, 0.1) is 10.9 Å². The number of benzene rings is 1. The number of fused-ring (bicyclic) bond motifs is 2. The Morgan fingerprint density at radius 1 is 1.32 bits per heavy atom. The van der Waals surface area contributed by atoms with E-state index in [2.05, 4.69) is 10.3 Å². The first kappa shape index (κ1) is 14.8. The molecule has 3 rings (SSSR count). The molecule has 0 fully saturated rings. The van der Waals surface area contributed by atoms with E-state index in [0.29, 0.717) is 23.0 Å². The van der Waals surface area contributed by atoms with E-state index in [9.17, 15) is 9.59 Å². The smallest absolute Gasteiger partial charge is 0.261 e. The van der Waals surface area contributed by atoms with Gasteiger partial charge in [0.1, 0.15) is 5.82 Å². The van der Waals surface area contributed by atoms with Crippen LogP contribution in [0.5, 0.6) is 0 Å². The molecule has 1 aliphatic heterocycles. The van der Waals surface area contributed by atoms with E-state index >= 15 is 0 Å². The number of hydrogen-bond acceptors (Lipinski definition) is 3. The molecule has 0 bridgehead atoms. The van der Waals surface area contributed by atoms with Crippen LogP contribution in [0.15, 0.2) is 23.0 Å². The highest BCUT2D eigenvalue weighted by molar-refractivity contribution is 5.97. The van der Waals surface area contributed by atoms with Gasteiger partial charge in [-0.2, -0.15) is 0 Å². The Hall–Kier alpha value is -2.17. The summed E-state index contributed by atoms with van der Waals surface area (Å²) in [6, 6.07) is 5.16. The molecular weight excluding hydrogens is 278 g/mol. The summed E-state index contributed by atoms with van der Waals surface area (Å²) in [4.78, 5) is 29.3. The molecule has 0 aliphatic carbocycles. The standard InChI is InChI=1S/C17H21N3O2/c1-2-9-18-16(21)12-7-8-13-14(11-12)19-15-6-4-3-5-10-20(15)17(13)22/h7-8,11H,2-6,9-10H2,1H3,(H,18,21). The third-order valence-electron chi connectivity index (χ3n) is 4.11. The van der Waals surface area contributed by atoms with Crippen molar-refractivity contribution in [3.63, 3.8) is 0 Å². The number of rotatable bonds is 3. The monoisotopic (exact) mass is 299 g/mol. The Morgan fingerprint density at radius 2 is 2.18 bits per heavy atom. The van der Waals surface area contributed by atoms with Gasteiger partial charge in [-0.05, 0) is 37.5 Å². The molecule has 1 aromatic heterocycles. The number of hydrogen-bond donors (Lipinski definition) is 1. The first-order valence-electron chi connectivity index (χ1n) is 8.02. The fraction of sp³-hybridized carbons (Fsp3) is 0.471. The maximum absolute atomic E-state index is 12.6. The van der Waals surface area contributed by atoms with Crippen LogP contribution in [0.25, 0.3) is 10.9 Å². The molecule has 1 aromatic carbocycles. The van der Waals surface area contributed by atoms with Gasteiger partial charge in [-0.3, -0.25) is 14.2 Å².